The lowest BCUT2D eigenvalue weighted by atomic mass is 10.1. The van der Waals surface area contributed by atoms with Gasteiger partial charge in [0.05, 0.1) is 31.9 Å². The van der Waals surface area contributed by atoms with Crippen molar-refractivity contribution < 1.29 is 22.7 Å². The summed E-state index contributed by atoms with van der Waals surface area (Å²) in [4.78, 5) is 12.4. The topological polar surface area (TPSA) is 97.3 Å². The third kappa shape index (κ3) is 6.32. The highest BCUT2D eigenvalue weighted by Gasteiger charge is 2.24. The van der Waals surface area contributed by atoms with E-state index >= 15 is 0 Å². The van der Waals surface area contributed by atoms with Crippen LogP contribution in [-0.4, -0.2) is 47.1 Å². The molecule has 0 saturated carbocycles. The van der Waals surface area contributed by atoms with Gasteiger partial charge in [-0.1, -0.05) is 12.1 Å². The maximum atomic E-state index is 12.4. The van der Waals surface area contributed by atoms with E-state index < -0.39 is 22.5 Å². The monoisotopic (exact) mass is 531 g/mol. The highest BCUT2D eigenvalue weighted by molar-refractivity contribution is 14.1. The second-order valence-electron chi connectivity index (χ2n) is 6.05. The molecule has 0 aliphatic heterocycles. The predicted octanol–water partition coefficient (Wildman–Crippen LogP) is 2.61. The van der Waals surface area contributed by atoms with E-state index in [4.69, 9.17) is 9.47 Å². The van der Waals surface area contributed by atoms with E-state index in [0.717, 1.165) is 19.7 Å². The lowest BCUT2D eigenvalue weighted by Gasteiger charge is -2.23. The summed E-state index contributed by atoms with van der Waals surface area (Å²) < 4.78 is 37.1. The molecule has 8 nitrogen and oxygen atoms in total. The van der Waals surface area contributed by atoms with Gasteiger partial charge in [0.2, 0.25) is 10.0 Å². The number of anilines is 1. The van der Waals surface area contributed by atoms with Crippen molar-refractivity contribution in [2.45, 2.75) is 6.92 Å². The van der Waals surface area contributed by atoms with Gasteiger partial charge < -0.3 is 9.47 Å². The van der Waals surface area contributed by atoms with Gasteiger partial charge in [-0.05, 0) is 59.3 Å². The molecular weight excluding hydrogens is 509 g/mol. The molecule has 29 heavy (non-hydrogen) atoms. The Bertz CT molecular complexity index is 1020. The molecule has 1 amide bonds. The van der Waals surface area contributed by atoms with Crippen molar-refractivity contribution in [3.05, 3.63) is 51.6 Å². The van der Waals surface area contributed by atoms with Crippen molar-refractivity contribution in [3.8, 4) is 11.5 Å². The first-order chi connectivity index (χ1) is 13.7. The molecule has 0 atom stereocenters. The van der Waals surface area contributed by atoms with Gasteiger partial charge in [0.1, 0.15) is 18.0 Å². The molecule has 10 heteroatoms. The first kappa shape index (κ1) is 22.9. The third-order valence-electron chi connectivity index (χ3n) is 3.93. The maximum Gasteiger partial charge on any atom is 0.260 e. The van der Waals surface area contributed by atoms with Crippen molar-refractivity contribution in [2.75, 3.05) is 31.3 Å². The van der Waals surface area contributed by atoms with Gasteiger partial charge in [-0.25, -0.2) is 13.8 Å². The number of benzene rings is 2. The van der Waals surface area contributed by atoms with Crippen molar-refractivity contribution in [3.63, 3.8) is 0 Å². The fraction of sp³-hybridized carbons (Fsp3) is 0.263. The number of methoxy groups -OCH3 is 2. The number of amides is 1. The van der Waals surface area contributed by atoms with Crippen LogP contribution in [0.5, 0.6) is 11.5 Å². The number of carbonyl (C=O) groups excluding carboxylic acids is 1. The highest BCUT2D eigenvalue weighted by atomic mass is 127. The number of nitrogens with zero attached hydrogens (tertiary/aromatic N) is 2. The molecule has 0 bridgehead atoms. The maximum absolute atomic E-state index is 12.4. The second kappa shape index (κ2) is 9.92. The molecular formula is C19H22IN3O5S. The van der Waals surface area contributed by atoms with Crippen LogP contribution in [0.15, 0.2) is 47.6 Å². The number of rotatable bonds is 8. The number of ether oxygens (including phenoxy) is 2. The average molecular weight is 531 g/mol. The Labute approximate surface area is 184 Å². The first-order valence-corrected chi connectivity index (χ1v) is 11.4. The summed E-state index contributed by atoms with van der Waals surface area (Å²) in [5.41, 5.74) is 4.06. The SMILES string of the molecule is COc1ccc(OC)c(N(CC(=O)N/N=C(/C)c2cccc(I)c2)S(C)(=O)=O)c1. The van der Waals surface area contributed by atoms with E-state index in [1.54, 1.807) is 19.1 Å². The molecule has 0 aliphatic carbocycles. The Morgan fingerprint density at radius 2 is 1.90 bits per heavy atom. The number of hydrogen-bond acceptors (Lipinski definition) is 6. The quantitative estimate of drug-likeness (QED) is 0.321. The molecule has 0 aliphatic rings. The standard InChI is InChI=1S/C19H22IN3O5S/c1-13(14-6-5-7-15(20)10-14)21-22-19(24)12-23(29(4,25)26)17-11-16(27-2)8-9-18(17)28-3/h5-11H,12H2,1-4H3,(H,22,24)/b21-13-. The molecule has 2 aromatic carbocycles. The number of sulfonamides is 1. The average Bonchev–Trinajstić information content (AvgIpc) is 2.68. The fourth-order valence-electron chi connectivity index (χ4n) is 2.46. The molecule has 156 valence electrons. The molecule has 0 aromatic heterocycles. The van der Waals surface area contributed by atoms with Gasteiger partial charge in [0.25, 0.3) is 5.91 Å². The summed E-state index contributed by atoms with van der Waals surface area (Å²) in [5, 5.41) is 4.08. The number of halogens is 1. The van der Waals surface area contributed by atoms with Crippen LogP contribution in [-0.2, 0) is 14.8 Å². The number of nitrogens with one attached hydrogen (secondary N) is 1. The van der Waals surface area contributed by atoms with Crippen LogP contribution in [0.3, 0.4) is 0 Å². The Morgan fingerprint density at radius 3 is 2.48 bits per heavy atom. The van der Waals surface area contributed by atoms with Gasteiger partial charge in [0.15, 0.2) is 0 Å². The summed E-state index contributed by atoms with van der Waals surface area (Å²) >= 11 is 2.19. The fourth-order valence-corrected chi connectivity index (χ4v) is 3.86. The first-order valence-electron chi connectivity index (χ1n) is 8.44. The van der Waals surface area contributed by atoms with Crippen molar-refractivity contribution in [2.24, 2.45) is 5.10 Å². The van der Waals surface area contributed by atoms with E-state index in [1.807, 2.05) is 24.3 Å². The van der Waals surface area contributed by atoms with E-state index in [9.17, 15) is 13.2 Å². The number of hydrazone groups is 1. The minimum Gasteiger partial charge on any atom is -0.497 e. The number of hydrogen-bond donors (Lipinski definition) is 1. The van der Waals surface area contributed by atoms with E-state index in [0.29, 0.717) is 17.2 Å². The van der Waals surface area contributed by atoms with Gasteiger partial charge in [-0.2, -0.15) is 5.10 Å². The van der Waals surface area contributed by atoms with Crippen molar-refractivity contribution in [1.82, 2.24) is 5.43 Å². The summed E-state index contributed by atoms with van der Waals surface area (Å²) in [6.07, 6.45) is 1.01. The molecule has 0 saturated heterocycles. The van der Waals surface area contributed by atoms with E-state index in [1.165, 1.54) is 20.3 Å². The minimum absolute atomic E-state index is 0.197. The lowest BCUT2D eigenvalue weighted by Crippen LogP contribution is -2.39. The van der Waals surface area contributed by atoms with Gasteiger partial charge in [-0.15, -0.1) is 0 Å². The summed E-state index contributed by atoms with van der Waals surface area (Å²) in [5.74, 6) is 0.134. The van der Waals surface area contributed by atoms with E-state index in [2.05, 4.69) is 33.1 Å². The van der Waals surface area contributed by atoms with Crippen LogP contribution in [0.1, 0.15) is 12.5 Å². The van der Waals surface area contributed by atoms with Crippen LogP contribution in [0.2, 0.25) is 0 Å². The van der Waals surface area contributed by atoms with Crippen molar-refractivity contribution >= 4 is 49.9 Å². The molecule has 0 radical (unpaired) electrons. The van der Waals surface area contributed by atoms with E-state index in [-0.39, 0.29) is 5.69 Å². The Hall–Kier alpha value is -2.34. The molecule has 0 fully saturated rings. The van der Waals surface area contributed by atoms with Crippen LogP contribution in [0, 0.1) is 3.57 Å². The summed E-state index contributed by atoms with van der Waals surface area (Å²) in [7, 11) is -0.898. The Kier molecular flexibility index (Phi) is 7.85. The van der Waals surface area contributed by atoms with Crippen LogP contribution in [0.25, 0.3) is 0 Å². The van der Waals surface area contributed by atoms with Gasteiger partial charge in [-0.3, -0.25) is 9.10 Å². The Morgan fingerprint density at radius 1 is 1.17 bits per heavy atom. The molecule has 1 N–H and O–H groups in total. The summed E-state index contributed by atoms with van der Waals surface area (Å²) in [6, 6.07) is 12.3. The third-order valence-corrected chi connectivity index (χ3v) is 5.73. The normalized spacial score (nSPS) is 11.7. The highest BCUT2D eigenvalue weighted by Crippen LogP contribution is 2.33. The smallest absolute Gasteiger partial charge is 0.260 e. The zero-order valence-electron chi connectivity index (χ0n) is 16.5. The Balaban J connectivity index is 2.25. The molecule has 2 aromatic rings. The minimum atomic E-state index is -3.78. The summed E-state index contributed by atoms with van der Waals surface area (Å²) in [6.45, 7) is 1.29. The van der Waals surface area contributed by atoms with Gasteiger partial charge >= 0.3 is 0 Å². The molecule has 0 spiro atoms. The molecule has 0 unspecified atom stereocenters. The van der Waals surface area contributed by atoms with Crippen molar-refractivity contribution in [1.29, 1.82) is 0 Å². The van der Waals surface area contributed by atoms with Crippen LogP contribution >= 0.6 is 22.6 Å². The van der Waals surface area contributed by atoms with Crippen LogP contribution < -0.4 is 19.2 Å². The molecule has 2 rings (SSSR count). The number of carbonyl (C=O) groups is 1. The largest absolute Gasteiger partial charge is 0.497 e. The van der Waals surface area contributed by atoms with Crippen LogP contribution in [0.4, 0.5) is 5.69 Å². The molecule has 0 heterocycles. The second-order valence-corrected chi connectivity index (χ2v) is 9.20. The van der Waals surface area contributed by atoms with Gasteiger partial charge in [0, 0.05) is 9.64 Å². The zero-order valence-corrected chi connectivity index (χ0v) is 19.4. The lowest BCUT2D eigenvalue weighted by molar-refractivity contribution is -0.119. The zero-order chi connectivity index (χ0) is 21.6. The predicted molar refractivity (Wildman–Crippen MR) is 121 cm³/mol.